The largest absolute Gasteiger partial charge is 0.467 e. The van der Waals surface area contributed by atoms with Gasteiger partial charge in [0.25, 0.3) is 0 Å². The number of amides is 1. The highest BCUT2D eigenvalue weighted by molar-refractivity contribution is 14.0. The van der Waals surface area contributed by atoms with Gasteiger partial charge in [-0.1, -0.05) is 12.1 Å². The van der Waals surface area contributed by atoms with Crippen molar-refractivity contribution in [3.63, 3.8) is 0 Å². The number of hydrogen-bond donors (Lipinski definition) is 3. The maximum atomic E-state index is 12.9. The Morgan fingerprint density at radius 1 is 1.13 bits per heavy atom. The molecule has 0 bridgehead atoms. The van der Waals surface area contributed by atoms with Gasteiger partial charge in [0, 0.05) is 32.8 Å². The molecule has 0 spiro atoms. The van der Waals surface area contributed by atoms with E-state index in [1.165, 1.54) is 12.1 Å². The average molecular weight is 532 g/mol. The van der Waals surface area contributed by atoms with E-state index in [9.17, 15) is 9.18 Å². The first-order valence-corrected chi connectivity index (χ1v) is 9.81. The van der Waals surface area contributed by atoms with Crippen LogP contribution in [-0.2, 0) is 22.6 Å². The smallest absolute Gasteiger partial charge is 0.224 e. The van der Waals surface area contributed by atoms with Crippen molar-refractivity contribution < 1.29 is 18.3 Å². The molecule has 0 saturated carbocycles. The lowest BCUT2D eigenvalue weighted by Crippen LogP contribution is -2.41. The SMILES string of the molecule is CCNC(=NCCCOCc1ccco1)NCCNC(=O)Cc1ccc(F)cc1.I. The normalized spacial score (nSPS) is 10.9. The Morgan fingerprint density at radius 3 is 2.60 bits per heavy atom. The van der Waals surface area contributed by atoms with Gasteiger partial charge in [0.2, 0.25) is 5.91 Å². The number of nitrogens with one attached hydrogen (secondary N) is 3. The molecule has 9 heteroatoms. The number of carbonyl (C=O) groups is 1. The Balaban J connectivity index is 0.00000450. The van der Waals surface area contributed by atoms with Crippen molar-refractivity contribution >= 4 is 35.8 Å². The molecule has 0 aliphatic carbocycles. The number of nitrogens with zero attached hydrogens (tertiary/aromatic N) is 1. The van der Waals surface area contributed by atoms with Gasteiger partial charge in [-0.05, 0) is 43.2 Å². The highest BCUT2D eigenvalue weighted by Crippen LogP contribution is 2.03. The molecule has 0 unspecified atom stereocenters. The molecule has 1 heterocycles. The van der Waals surface area contributed by atoms with E-state index in [1.54, 1.807) is 18.4 Å². The summed E-state index contributed by atoms with van der Waals surface area (Å²) in [5.74, 6) is 1.10. The minimum Gasteiger partial charge on any atom is -0.467 e. The Kier molecular flexibility index (Phi) is 13.5. The van der Waals surface area contributed by atoms with Gasteiger partial charge in [0.05, 0.1) is 12.7 Å². The molecule has 2 rings (SSSR count). The number of aliphatic imine (C=N–C) groups is 1. The van der Waals surface area contributed by atoms with Crippen molar-refractivity contribution in [1.29, 1.82) is 0 Å². The summed E-state index contributed by atoms with van der Waals surface area (Å²) >= 11 is 0. The van der Waals surface area contributed by atoms with Crippen LogP contribution in [0, 0.1) is 5.82 Å². The van der Waals surface area contributed by atoms with Crippen LogP contribution in [0.2, 0.25) is 0 Å². The molecule has 0 atom stereocenters. The molecule has 0 aliphatic rings. The summed E-state index contributed by atoms with van der Waals surface area (Å²) in [5, 5.41) is 9.18. The van der Waals surface area contributed by atoms with Crippen molar-refractivity contribution in [3.05, 3.63) is 59.8 Å². The molecule has 0 aliphatic heterocycles. The van der Waals surface area contributed by atoms with Crippen LogP contribution in [0.15, 0.2) is 52.1 Å². The molecule has 1 amide bonds. The number of carbonyl (C=O) groups excluding carboxylic acids is 1. The average Bonchev–Trinajstić information content (AvgIpc) is 3.23. The molecule has 0 saturated heterocycles. The summed E-state index contributed by atoms with van der Waals surface area (Å²) in [7, 11) is 0. The third-order valence-corrected chi connectivity index (χ3v) is 3.90. The lowest BCUT2D eigenvalue weighted by Gasteiger charge is -2.12. The van der Waals surface area contributed by atoms with Crippen molar-refractivity contribution in [2.75, 3.05) is 32.8 Å². The van der Waals surface area contributed by atoms with Crippen LogP contribution in [0.1, 0.15) is 24.7 Å². The van der Waals surface area contributed by atoms with Crippen molar-refractivity contribution in [1.82, 2.24) is 16.0 Å². The summed E-state index contributed by atoms with van der Waals surface area (Å²) < 4.78 is 23.6. The number of hydrogen-bond acceptors (Lipinski definition) is 4. The van der Waals surface area contributed by atoms with Crippen molar-refractivity contribution in [3.8, 4) is 0 Å². The Hall–Kier alpha value is -2.14. The van der Waals surface area contributed by atoms with Gasteiger partial charge in [-0.15, -0.1) is 24.0 Å². The molecule has 1 aromatic carbocycles. The fraction of sp³-hybridized carbons (Fsp3) is 0.429. The van der Waals surface area contributed by atoms with E-state index in [4.69, 9.17) is 9.15 Å². The van der Waals surface area contributed by atoms with Crippen LogP contribution in [0.4, 0.5) is 4.39 Å². The molecule has 166 valence electrons. The zero-order valence-corrected chi connectivity index (χ0v) is 19.5. The summed E-state index contributed by atoms with van der Waals surface area (Å²) in [6.45, 7) is 5.46. The predicted octanol–water partition coefficient (Wildman–Crippen LogP) is 2.86. The lowest BCUT2D eigenvalue weighted by atomic mass is 10.1. The molecule has 0 fully saturated rings. The third-order valence-electron chi connectivity index (χ3n) is 3.90. The molecule has 0 radical (unpaired) electrons. The first-order chi connectivity index (χ1) is 14.2. The van der Waals surface area contributed by atoms with E-state index in [-0.39, 0.29) is 42.1 Å². The quantitative estimate of drug-likeness (QED) is 0.170. The van der Waals surface area contributed by atoms with Gasteiger partial charge >= 0.3 is 0 Å². The molecular formula is C21H30FIN4O3. The second kappa shape index (κ2) is 15.7. The summed E-state index contributed by atoms with van der Waals surface area (Å²) in [4.78, 5) is 16.4. The van der Waals surface area contributed by atoms with E-state index >= 15 is 0 Å². The molecule has 3 N–H and O–H groups in total. The number of ether oxygens (including phenoxy) is 1. The van der Waals surface area contributed by atoms with E-state index in [0.29, 0.717) is 38.8 Å². The Morgan fingerprint density at radius 2 is 1.90 bits per heavy atom. The van der Waals surface area contributed by atoms with Gasteiger partial charge in [-0.25, -0.2) is 4.39 Å². The minimum absolute atomic E-state index is 0. The molecule has 1 aromatic heterocycles. The Labute approximate surface area is 193 Å². The summed E-state index contributed by atoms with van der Waals surface area (Å²) in [6, 6.07) is 9.64. The van der Waals surface area contributed by atoms with Gasteiger partial charge in [0.15, 0.2) is 5.96 Å². The first-order valence-electron chi connectivity index (χ1n) is 9.81. The van der Waals surface area contributed by atoms with Crippen molar-refractivity contribution in [2.24, 2.45) is 4.99 Å². The standard InChI is InChI=1S/C21H29FN4O3.HI/c1-2-23-21(25-10-4-13-28-16-19-5-3-14-29-19)26-12-11-24-20(27)15-17-6-8-18(22)9-7-17;/h3,5-9,14H,2,4,10-13,15-16H2,1H3,(H,24,27)(H2,23,25,26);1H. The second-order valence-corrected chi connectivity index (χ2v) is 6.33. The second-order valence-electron chi connectivity index (χ2n) is 6.33. The zero-order valence-electron chi connectivity index (χ0n) is 17.2. The van der Waals surface area contributed by atoms with Crippen molar-refractivity contribution in [2.45, 2.75) is 26.4 Å². The van der Waals surface area contributed by atoms with Crippen LogP contribution in [0.3, 0.4) is 0 Å². The number of furan rings is 1. The molecule has 2 aromatic rings. The lowest BCUT2D eigenvalue weighted by molar-refractivity contribution is -0.120. The number of guanidine groups is 1. The highest BCUT2D eigenvalue weighted by atomic mass is 127. The summed E-state index contributed by atoms with van der Waals surface area (Å²) in [6.07, 6.45) is 2.65. The van der Waals surface area contributed by atoms with Crippen LogP contribution < -0.4 is 16.0 Å². The van der Waals surface area contributed by atoms with Crippen LogP contribution in [-0.4, -0.2) is 44.7 Å². The zero-order chi connectivity index (χ0) is 20.7. The Bertz CT molecular complexity index is 739. The minimum atomic E-state index is -0.308. The van der Waals surface area contributed by atoms with Gasteiger partial charge in [0.1, 0.15) is 18.2 Å². The van der Waals surface area contributed by atoms with E-state index < -0.39 is 0 Å². The van der Waals surface area contributed by atoms with Gasteiger partial charge in [-0.3, -0.25) is 9.79 Å². The fourth-order valence-corrected chi connectivity index (χ4v) is 2.50. The number of rotatable bonds is 12. The predicted molar refractivity (Wildman–Crippen MR) is 125 cm³/mol. The van der Waals surface area contributed by atoms with E-state index in [0.717, 1.165) is 24.3 Å². The molecular weight excluding hydrogens is 502 g/mol. The maximum absolute atomic E-state index is 12.9. The number of benzene rings is 1. The van der Waals surface area contributed by atoms with E-state index in [2.05, 4.69) is 20.9 Å². The molecule has 30 heavy (non-hydrogen) atoms. The topological polar surface area (TPSA) is 87.9 Å². The maximum Gasteiger partial charge on any atom is 0.224 e. The van der Waals surface area contributed by atoms with Gasteiger partial charge in [-0.2, -0.15) is 0 Å². The highest BCUT2D eigenvalue weighted by Gasteiger charge is 2.03. The van der Waals surface area contributed by atoms with Gasteiger partial charge < -0.3 is 25.1 Å². The monoisotopic (exact) mass is 532 g/mol. The third kappa shape index (κ3) is 11.1. The fourth-order valence-electron chi connectivity index (χ4n) is 2.50. The van der Waals surface area contributed by atoms with Crippen LogP contribution >= 0.6 is 24.0 Å². The first kappa shape index (κ1) is 25.9. The van der Waals surface area contributed by atoms with E-state index in [1.807, 2.05) is 19.1 Å². The summed E-state index contributed by atoms with van der Waals surface area (Å²) in [5.41, 5.74) is 0.779. The number of halogens is 2. The molecule has 7 nitrogen and oxygen atoms in total. The van der Waals surface area contributed by atoms with Crippen LogP contribution in [0.25, 0.3) is 0 Å². The van der Waals surface area contributed by atoms with Crippen LogP contribution in [0.5, 0.6) is 0 Å².